The molecule has 38 heavy (non-hydrogen) atoms. The number of carbonyl (C=O) groups excluding carboxylic acids is 1. The predicted molar refractivity (Wildman–Crippen MR) is 146 cm³/mol. The number of ether oxygens (including phenoxy) is 4. The van der Waals surface area contributed by atoms with Crippen LogP contribution in [0, 0.1) is 0 Å². The van der Waals surface area contributed by atoms with Gasteiger partial charge in [0.25, 0.3) is 5.91 Å². The Kier molecular flexibility index (Phi) is 9.38. The summed E-state index contributed by atoms with van der Waals surface area (Å²) in [5.74, 6) is 1.77. The highest BCUT2D eigenvalue weighted by molar-refractivity contribution is 7.99. The van der Waals surface area contributed by atoms with Crippen LogP contribution in [0.3, 0.4) is 0 Å². The van der Waals surface area contributed by atoms with Crippen molar-refractivity contribution in [1.82, 2.24) is 9.62 Å². The van der Waals surface area contributed by atoms with Crippen LogP contribution in [0.4, 0.5) is 0 Å². The predicted octanol–water partition coefficient (Wildman–Crippen LogP) is 3.79. The van der Waals surface area contributed by atoms with Gasteiger partial charge in [-0.05, 0) is 48.0 Å². The number of methoxy groups -OCH3 is 2. The lowest BCUT2D eigenvalue weighted by Gasteiger charge is -2.22. The molecule has 202 valence electrons. The van der Waals surface area contributed by atoms with Crippen molar-refractivity contribution in [3.05, 3.63) is 77.9 Å². The molecule has 1 amide bonds. The van der Waals surface area contributed by atoms with E-state index in [1.165, 1.54) is 20.3 Å². The average Bonchev–Trinajstić information content (AvgIpc) is 3.39. The highest BCUT2D eigenvalue weighted by atomic mass is 32.2. The molecule has 0 radical (unpaired) electrons. The lowest BCUT2D eigenvalue weighted by molar-refractivity contribution is 0.0978. The normalized spacial score (nSPS) is 12.4. The van der Waals surface area contributed by atoms with Gasteiger partial charge in [0.15, 0.2) is 11.5 Å². The fourth-order valence-corrected chi connectivity index (χ4v) is 5.79. The molecule has 1 N–H and O–H groups in total. The first-order valence-corrected chi connectivity index (χ1v) is 14.6. The zero-order valence-corrected chi connectivity index (χ0v) is 22.8. The molecular formula is C27H30N2O7S2. The van der Waals surface area contributed by atoms with Crippen molar-refractivity contribution in [1.29, 1.82) is 0 Å². The summed E-state index contributed by atoms with van der Waals surface area (Å²) in [4.78, 5) is 16.0. The summed E-state index contributed by atoms with van der Waals surface area (Å²) in [6.45, 7) is 1.56. The third-order valence-corrected chi connectivity index (χ3v) is 8.05. The number of carbonyl (C=O) groups is 1. The van der Waals surface area contributed by atoms with Crippen molar-refractivity contribution in [3.63, 3.8) is 0 Å². The Labute approximate surface area is 227 Å². The van der Waals surface area contributed by atoms with Gasteiger partial charge in [-0.1, -0.05) is 24.3 Å². The topological polar surface area (TPSA) is 103 Å². The van der Waals surface area contributed by atoms with Crippen LogP contribution < -0.4 is 23.7 Å². The Morgan fingerprint density at radius 2 is 1.76 bits per heavy atom. The van der Waals surface area contributed by atoms with Crippen LogP contribution in [-0.2, 0) is 16.6 Å². The minimum Gasteiger partial charge on any atom is -0.497 e. The molecule has 3 aromatic rings. The van der Waals surface area contributed by atoms with Crippen LogP contribution in [0.2, 0.25) is 0 Å². The minimum atomic E-state index is -3.94. The van der Waals surface area contributed by atoms with Gasteiger partial charge in [0.1, 0.15) is 11.5 Å². The van der Waals surface area contributed by atoms with Crippen LogP contribution in [0.25, 0.3) is 0 Å². The summed E-state index contributed by atoms with van der Waals surface area (Å²) >= 11 is 1.70. The third kappa shape index (κ3) is 7.56. The van der Waals surface area contributed by atoms with E-state index in [0.29, 0.717) is 30.3 Å². The van der Waals surface area contributed by atoms with E-state index in [1.807, 2.05) is 53.4 Å². The molecule has 11 heteroatoms. The molecule has 9 nitrogen and oxygen atoms in total. The molecular weight excluding hydrogens is 528 g/mol. The molecule has 0 atom stereocenters. The molecule has 0 spiro atoms. The van der Waals surface area contributed by atoms with E-state index < -0.39 is 15.9 Å². The maximum atomic E-state index is 12.9. The molecule has 1 heterocycles. The summed E-state index contributed by atoms with van der Waals surface area (Å²) in [6.07, 6.45) is 0. The summed E-state index contributed by atoms with van der Waals surface area (Å²) in [5.41, 5.74) is 1.05. The van der Waals surface area contributed by atoms with E-state index in [1.54, 1.807) is 23.9 Å². The lowest BCUT2D eigenvalue weighted by atomic mass is 10.2. The van der Waals surface area contributed by atoms with Gasteiger partial charge in [-0.15, -0.1) is 11.8 Å². The molecule has 0 bridgehead atoms. The number of nitrogens with zero attached hydrogens (tertiary/aromatic N) is 1. The summed E-state index contributed by atoms with van der Waals surface area (Å²) < 4.78 is 49.2. The molecule has 0 saturated carbocycles. The second-order valence-electron chi connectivity index (χ2n) is 8.44. The first-order valence-electron chi connectivity index (χ1n) is 11.9. The minimum absolute atomic E-state index is 0.0758. The maximum absolute atomic E-state index is 12.9. The summed E-state index contributed by atoms with van der Waals surface area (Å²) in [5, 5.41) is 0. The van der Waals surface area contributed by atoms with Gasteiger partial charge in [0, 0.05) is 30.3 Å². The van der Waals surface area contributed by atoms with Crippen molar-refractivity contribution in [3.8, 4) is 23.0 Å². The van der Waals surface area contributed by atoms with Crippen LogP contribution in [0.1, 0.15) is 15.9 Å². The highest BCUT2D eigenvalue weighted by Crippen LogP contribution is 2.33. The number of nitrogens with one attached hydrogen (secondary N) is 1. The average molecular weight is 559 g/mol. The zero-order valence-electron chi connectivity index (χ0n) is 21.2. The number of hydrogen-bond acceptors (Lipinski definition) is 9. The molecule has 0 unspecified atom stereocenters. The van der Waals surface area contributed by atoms with E-state index in [2.05, 4.69) is 4.72 Å². The number of benzene rings is 3. The number of rotatable bonds is 13. The van der Waals surface area contributed by atoms with Crippen LogP contribution >= 0.6 is 11.8 Å². The standard InChI is InChI=1S/C27H30N2O7S2/c1-33-21-9-11-24(34-2)23(17-21)27(30)28-38(31,32)15-13-29(12-14-37-22-6-4-3-5-7-22)18-20-8-10-25-26(16-20)36-19-35-25/h3-11,16-17H,12-15,18-19H2,1-2H3,(H,28,30). The second kappa shape index (κ2) is 12.9. The van der Waals surface area contributed by atoms with Crippen LogP contribution in [0.5, 0.6) is 23.0 Å². The Morgan fingerprint density at radius 3 is 2.53 bits per heavy atom. The van der Waals surface area contributed by atoms with Crippen LogP contribution in [0.15, 0.2) is 71.6 Å². The fourth-order valence-electron chi connectivity index (χ4n) is 3.86. The van der Waals surface area contributed by atoms with Gasteiger partial charge in [-0.25, -0.2) is 13.1 Å². The maximum Gasteiger partial charge on any atom is 0.268 e. The van der Waals surface area contributed by atoms with E-state index >= 15 is 0 Å². The molecule has 0 aliphatic carbocycles. The van der Waals surface area contributed by atoms with Gasteiger partial charge in [0.2, 0.25) is 16.8 Å². The number of hydrogen-bond donors (Lipinski definition) is 1. The molecule has 1 aliphatic heterocycles. The van der Waals surface area contributed by atoms with E-state index in [9.17, 15) is 13.2 Å². The van der Waals surface area contributed by atoms with E-state index in [4.69, 9.17) is 18.9 Å². The first-order chi connectivity index (χ1) is 18.4. The second-order valence-corrected chi connectivity index (χ2v) is 11.5. The van der Waals surface area contributed by atoms with Gasteiger partial charge in [0.05, 0.1) is 25.5 Å². The molecule has 0 aromatic heterocycles. The van der Waals surface area contributed by atoms with E-state index in [-0.39, 0.29) is 30.4 Å². The first kappa shape index (κ1) is 27.6. The molecule has 0 fully saturated rings. The third-order valence-electron chi connectivity index (χ3n) is 5.84. The van der Waals surface area contributed by atoms with Crippen molar-refractivity contribution in [2.24, 2.45) is 0 Å². The van der Waals surface area contributed by atoms with E-state index in [0.717, 1.165) is 16.2 Å². The quantitative estimate of drug-likeness (QED) is 0.314. The number of fused-ring (bicyclic) bond motifs is 1. The monoisotopic (exact) mass is 558 g/mol. The number of thioether (sulfide) groups is 1. The molecule has 3 aromatic carbocycles. The van der Waals surface area contributed by atoms with Crippen LogP contribution in [-0.4, -0.2) is 64.8 Å². The van der Waals surface area contributed by atoms with Crippen molar-refractivity contribution in [2.45, 2.75) is 11.4 Å². The molecule has 1 aliphatic rings. The smallest absolute Gasteiger partial charge is 0.268 e. The zero-order chi connectivity index (χ0) is 27.0. The van der Waals surface area contributed by atoms with Crippen molar-refractivity contribution < 1.29 is 32.2 Å². The lowest BCUT2D eigenvalue weighted by Crippen LogP contribution is -2.38. The van der Waals surface area contributed by atoms with Gasteiger partial charge in [-0.3, -0.25) is 9.69 Å². The highest BCUT2D eigenvalue weighted by Gasteiger charge is 2.22. The van der Waals surface area contributed by atoms with Gasteiger partial charge in [-0.2, -0.15) is 0 Å². The SMILES string of the molecule is COc1ccc(OC)c(C(=O)NS(=O)(=O)CCN(CCSc2ccccc2)Cc2ccc3c(c2)OCO3)c1. The molecule has 4 rings (SSSR count). The Balaban J connectivity index is 1.41. The van der Waals surface area contributed by atoms with Crippen molar-refractivity contribution in [2.75, 3.05) is 45.6 Å². The molecule has 0 saturated heterocycles. The van der Waals surface area contributed by atoms with Gasteiger partial charge >= 0.3 is 0 Å². The Morgan fingerprint density at radius 1 is 0.974 bits per heavy atom. The Bertz CT molecular complexity index is 1350. The summed E-state index contributed by atoms with van der Waals surface area (Å²) in [7, 11) is -1.06. The fraction of sp³-hybridized carbons (Fsp3) is 0.296. The number of amides is 1. The number of sulfonamides is 1. The Hall–Kier alpha value is -3.41. The van der Waals surface area contributed by atoms with Crippen molar-refractivity contribution >= 4 is 27.7 Å². The summed E-state index contributed by atoms with van der Waals surface area (Å²) in [6, 6.07) is 20.3. The van der Waals surface area contributed by atoms with Gasteiger partial charge < -0.3 is 18.9 Å². The largest absolute Gasteiger partial charge is 0.497 e.